The first-order valence-electron chi connectivity index (χ1n) is 5.62. The lowest BCUT2D eigenvalue weighted by molar-refractivity contribution is 0.489. The Morgan fingerprint density at radius 3 is 2.83 bits per heavy atom. The molecular weight excluding hydrogens is 248 g/mol. The van der Waals surface area contributed by atoms with Crippen molar-refractivity contribution in [3.63, 3.8) is 0 Å². The van der Waals surface area contributed by atoms with Crippen LogP contribution in [0.25, 0.3) is 0 Å². The van der Waals surface area contributed by atoms with Gasteiger partial charge in [-0.1, -0.05) is 30.0 Å². The summed E-state index contributed by atoms with van der Waals surface area (Å²) in [7, 11) is 0. The molecule has 0 radical (unpaired) electrons. The van der Waals surface area contributed by atoms with Gasteiger partial charge in [-0.2, -0.15) is 10.1 Å². The molecule has 0 spiro atoms. The van der Waals surface area contributed by atoms with Gasteiger partial charge in [0.25, 0.3) is 5.56 Å². The van der Waals surface area contributed by atoms with E-state index in [9.17, 15) is 4.79 Å². The fourth-order valence-electron chi connectivity index (χ4n) is 1.82. The molecule has 0 N–H and O–H groups in total. The van der Waals surface area contributed by atoms with E-state index in [0.29, 0.717) is 17.5 Å². The number of hydrogen-bond donors (Lipinski definition) is 0. The van der Waals surface area contributed by atoms with E-state index in [-0.39, 0.29) is 5.56 Å². The van der Waals surface area contributed by atoms with E-state index >= 15 is 0 Å². The molecule has 18 heavy (non-hydrogen) atoms. The number of aryl methyl sites for hydroxylation is 1. The van der Waals surface area contributed by atoms with E-state index in [4.69, 9.17) is 0 Å². The Morgan fingerprint density at radius 2 is 2.06 bits per heavy atom. The van der Waals surface area contributed by atoms with Crippen molar-refractivity contribution in [2.24, 2.45) is 0 Å². The van der Waals surface area contributed by atoms with Crippen LogP contribution < -0.4 is 10.5 Å². The largest absolute Gasteiger partial charge is 0.342 e. The van der Waals surface area contributed by atoms with Gasteiger partial charge in [-0.15, -0.1) is 0 Å². The molecule has 0 bridgehead atoms. The van der Waals surface area contributed by atoms with Crippen molar-refractivity contribution in [2.45, 2.75) is 18.7 Å². The van der Waals surface area contributed by atoms with Crippen LogP contribution in [0.15, 0.2) is 40.3 Å². The number of aromatic nitrogens is 3. The molecule has 2 heterocycles. The summed E-state index contributed by atoms with van der Waals surface area (Å²) >= 11 is 1.53. The average molecular weight is 260 g/mol. The highest BCUT2D eigenvalue weighted by Crippen LogP contribution is 2.25. The van der Waals surface area contributed by atoms with Gasteiger partial charge in [0, 0.05) is 5.69 Å². The summed E-state index contributed by atoms with van der Waals surface area (Å²) in [6.07, 6.45) is 0. The molecule has 0 amide bonds. The van der Waals surface area contributed by atoms with Gasteiger partial charge >= 0.3 is 0 Å². The third-order valence-corrected chi connectivity index (χ3v) is 3.77. The summed E-state index contributed by atoms with van der Waals surface area (Å²) in [6, 6.07) is 10.1. The minimum Gasteiger partial charge on any atom is -0.342 e. The maximum absolute atomic E-state index is 11.4. The van der Waals surface area contributed by atoms with E-state index in [1.165, 1.54) is 11.8 Å². The highest BCUT2D eigenvalue weighted by molar-refractivity contribution is 7.99. The van der Waals surface area contributed by atoms with Crippen molar-refractivity contribution in [1.82, 2.24) is 14.8 Å². The molecule has 2 aromatic rings. The van der Waals surface area contributed by atoms with E-state index in [1.54, 1.807) is 11.6 Å². The predicted octanol–water partition coefficient (Wildman–Crippen LogP) is 1.47. The molecule has 1 aliphatic heterocycles. The van der Waals surface area contributed by atoms with Gasteiger partial charge in [0.15, 0.2) is 5.16 Å². The van der Waals surface area contributed by atoms with Crippen molar-refractivity contribution in [3.8, 4) is 0 Å². The minimum absolute atomic E-state index is 0.234. The molecule has 0 fully saturated rings. The van der Waals surface area contributed by atoms with E-state index < -0.39 is 0 Å². The molecule has 1 aromatic heterocycles. The molecule has 6 heteroatoms. The lowest BCUT2D eigenvalue weighted by Gasteiger charge is -2.29. The summed E-state index contributed by atoms with van der Waals surface area (Å²) < 4.78 is 1.78. The second-order valence-corrected chi connectivity index (χ2v) is 4.99. The van der Waals surface area contributed by atoms with Crippen LogP contribution in [0.5, 0.6) is 0 Å². The smallest absolute Gasteiger partial charge is 0.295 e. The quantitative estimate of drug-likeness (QED) is 0.777. The fraction of sp³-hybridized carbons (Fsp3) is 0.250. The standard InChI is InChI=1S/C12H12N4OS/c1-9-11(17)13-12-16(14-9)7-15(8-18-12)10-5-3-2-4-6-10/h2-6H,7-8H2,1H3. The van der Waals surface area contributed by atoms with Crippen LogP contribution in [0, 0.1) is 6.92 Å². The maximum atomic E-state index is 11.4. The number of hydrogen-bond acceptors (Lipinski definition) is 5. The molecule has 1 aliphatic rings. The molecule has 0 saturated heterocycles. The van der Waals surface area contributed by atoms with Crippen molar-refractivity contribution in [1.29, 1.82) is 0 Å². The molecule has 92 valence electrons. The zero-order valence-electron chi connectivity index (χ0n) is 9.91. The fourth-order valence-corrected chi connectivity index (χ4v) is 2.72. The van der Waals surface area contributed by atoms with E-state index in [2.05, 4.69) is 27.1 Å². The van der Waals surface area contributed by atoms with Gasteiger partial charge in [-0.25, -0.2) is 4.68 Å². The first-order valence-corrected chi connectivity index (χ1v) is 6.61. The Labute approximate surface area is 108 Å². The van der Waals surface area contributed by atoms with Crippen molar-refractivity contribution < 1.29 is 0 Å². The molecule has 0 saturated carbocycles. The number of benzene rings is 1. The third-order valence-electron chi connectivity index (χ3n) is 2.77. The van der Waals surface area contributed by atoms with Crippen LogP contribution in [0.1, 0.15) is 5.69 Å². The molecule has 3 rings (SSSR count). The van der Waals surface area contributed by atoms with Crippen LogP contribution in [0.4, 0.5) is 5.69 Å². The number of anilines is 1. The second-order valence-electron chi connectivity index (χ2n) is 4.07. The molecule has 0 atom stereocenters. The van der Waals surface area contributed by atoms with Crippen LogP contribution in [0.2, 0.25) is 0 Å². The monoisotopic (exact) mass is 260 g/mol. The van der Waals surface area contributed by atoms with Gasteiger partial charge < -0.3 is 4.90 Å². The predicted molar refractivity (Wildman–Crippen MR) is 70.7 cm³/mol. The molecule has 5 nitrogen and oxygen atoms in total. The highest BCUT2D eigenvalue weighted by Gasteiger charge is 2.18. The number of rotatable bonds is 1. The van der Waals surface area contributed by atoms with Gasteiger partial charge in [0.05, 0.1) is 5.88 Å². The Balaban J connectivity index is 1.94. The Bertz CT molecular complexity index is 626. The summed E-state index contributed by atoms with van der Waals surface area (Å²) in [6.45, 7) is 2.31. The molecule has 0 aliphatic carbocycles. The summed E-state index contributed by atoms with van der Waals surface area (Å²) in [4.78, 5) is 17.6. The second kappa shape index (κ2) is 4.45. The Kier molecular flexibility index (Phi) is 2.79. The Hall–Kier alpha value is -1.82. The van der Waals surface area contributed by atoms with Crippen molar-refractivity contribution in [2.75, 3.05) is 10.8 Å². The van der Waals surface area contributed by atoms with Crippen molar-refractivity contribution >= 4 is 17.4 Å². The van der Waals surface area contributed by atoms with Gasteiger partial charge in [0.2, 0.25) is 0 Å². The van der Waals surface area contributed by atoms with Crippen LogP contribution in [-0.4, -0.2) is 20.6 Å². The van der Waals surface area contributed by atoms with Gasteiger partial charge in [-0.3, -0.25) is 4.79 Å². The van der Waals surface area contributed by atoms with Crippen LogP contribution in [0.3, 0.4) is 0 Å². The zero-order chi connectivity index (χ0) is 12.5. The normalized spacial score (nSPS) is 14.4. The summed E-state index contributed by atoms with van der Waals surface area (Å²) in [5.41, 5.74) is 1.35. The number of thioether (sulfide) groups is 1. The first-order chi connectivity index (χ1) is 8.74. The van der Waals surface area contributed by atoms with Gasteiger partial charge in [-0.05, 0) is 19.1 Å². The number of para-hydroxylation sites is 1. The lowest BCUT2D eigenvalue weighted by atomic mass is 10.3. The summed E-state index contributed by atoms with van der Waals surface area (Å²) in [5, 5.41) is 4.96. The minimum atomic E-state index is -0.234. The number of nitrogens with zero attached hydrogens (tertiary/aromatic N) is 4. The lowest BCUT2D eigenvalue weighted by Crippen LogP contribution is -2.35. The number of fused-ring (bicyclic) bond motifs is 1. The first kappa shape index (κ1) is 11.3. The third kappa shape index (κ3) is 1.99. The SMILES string of the molecule is Cc1nn2c(nc1=O)SCN(c1ccccc1)C2. The zero-order valence-corrected chi connectivity index (χ0v) is 10.7. The van der Waals surface area contributed by atoms with Gasteiger partial charge in [0.1, 0.15) is 12.4 Å². The molecule has 0 unspecified atom stereocenters. The highest BCUT2D eigenvalue weighted by atomic mass is 32.2. The van der Waals surface area contributed by atoms with Crippen LogP contribution >= 0.6 is 11.8 Å². The van der Waals surface area contributed by atoms with Crippen molar-refractivity contribution in [3.05, 3.63) is 46.4 Å². The Morgan fingerprint density at radius 1 is 1.28 bits per heavy atom. The topological polar surface area (TPSA) is 51.0 Å². The average Bonchev–Trinajstić information content (AvgIpc) is 2.41. The summed E-state index contributed by atoms with van der Waals surface area (Å²) in [5.74, 6) is 0.779. The molecular formula is C12H12N4OS. The van der Waals surface area contributed by atoms with Crippen LogP contribution in [-0.2, 0) is 6.67 Å². The maximum Gasteiger partial charge on any atom is 0.295 e. The molecule has 1 aromatic carbocycles. The van der Waals surface area contributed by atoms with E-state index in [1.807, 2.05) is 18.2 Å². The van der Waals surface area contributed by atoms with E-state index in [0.717, 1.165) is 11.6 Å².